The zero-order valence-corrected chi connectivity index (χ0v) is 85.9. The van der Waals surface area contributed by atoms with Gasteiger partial charge in [-0.05, 0) is 516 Å². The SMILES string of the molecule is COCO[C@@H]1CC[C@@]2(C)[C@H](CC[C@@H]3[C@@H]2CC[C@]2(C)[C@@H](C(C)CCc4c5nc(c(CCC(C)[C@H]6CC[C@H]7[C@@H]8CC[C@@H]9C[C@H](OCOC)CC[C@]9(C)[C@H]8CC[C@]67C)c6ccc([nH]6)c(CCC(C)[C@H]6CC[C@H]7[C@@H]8CC[C@@H]9C[C@H](OCOC)CC[C@]9(C)[C@H]8CC[C@]67C)c6nc(c(CCC(C)[C@H]7CC[C@H]8[C@@H]9CC[C@@H]%10C[C@H](OCOC)CC[C@]%10(C)[C@H]9CC[C@]78C)c7ccc4[nH]7)C=C6)C=C5)CC[C@@H]32)C1. The zero-order valence-electron chi connectivity index (χ0n) is 85.9. The average Bonchev–Trinajstić information content (AvgIpc) is 1.49. The van der Waals surface area contributed by atoms with Crippen LogP contribution in [0, 0.1) is 185 Å². The molecule has 0 aromatic carbocycles. The zero-order chi connectivity index (χ0) is 91.2. The summed E-state index contributed by atoms with van der Waals surface area (Å²) in [7, 11) is 7.13. The second-order valence-electron chi connectivity index (χ2n) is 52.4. The van der Waals surface area contributed by atoms with Gasteiger partial charge in [-0.15, -0.1) is 0 Å². The molecule has 18 aliphatic rings. The third kappa shape index (κ3) is 16.3. The van der Waals surface area contributed by atoms with Crippen LogP contribution in [0.2, 0.25) is 0 Å². The number of aromatic amines is 2. The molecule has 132 heavy (non-hydrogen) atoms. The normalized spacial score (nSPS) is 44.2. The van der Waals surface area contributed by atoms with Crippen molar-refractivity contribution < 1.29 is 37.9 Å². The summed E-state index contributed by atoms with van der Waals surface area (Å²) in [5.74, 6) is 18.6. The molecule has 0 radical (unpaired) electrons. The predicted octanol–water partition coefficient (Wildman–Crippen LogP) is 29.5. The summed E-state index contributed by atoms with van der Waals surface area (Å²) in [6.45, 7) is 34.8. The van der Waals surface area contributed by atoms with E-state index >= 15 is 0 Å². The lowest BCUT2D eigenvalue weighted by atomic mass is 9.44. The van der Waals surface area contributed by atoms with Crippen molar-refractivity contribution in [3.8, 4) is 0 Å². The fourth-order valence-corrected chi connectivity index (χ4v) is 40.8. The molecule has 0 spiro atoms. The van der Waals surface area contributed by atoms with Crippen LogP contribution in [0.3, 0.4) is 0 Å². The number of hydrogen-bond donors (Lipinski definition) is 2. The van der Waals surface area contributed by atoms with Gasteiger partial charge in [-0.3, -0.25) is 0 Å². The van der Waals surface area contributed by atoms with E-state index in [1.54, 1.807) is 28.4 Å². The van der Waals surface area contributed by atoms with Crippen molar-refractivity contribution >= 4 is 46.4 Å². The van der Waals surface area contributed by atoms with E-state index in [2.05, 4.69) is 142 Å². The molecule has 16 aliphatic carbocycles. The summed E-state index contributed by atoms with van der Waals surface area (Å²) in [5, 5.41) is 0. The van der Waals surface area contributed by atoms with Gasteiger partial charge in [-0.2, -0.15) is 0 Å². The van der Waals surface area contributed by atoms with E-state index in [1.807, 2.05) is 0 Å². The monoisotopic (exact) mass is 1810 g/mol. The first-order valence-corrected chi connectivity index (χ1v) is 56.3. The fraction of sp³-hybridized carbons (Fsp3) is 0.833. The van der Waals surface area contributed by atoms with Gasteiger partial charge in [0.1, 0.15) is 27.2 Å². The lowest BCUT2D eigenvalue weighted by Crippen LogP contribution is -2.54. The van der Waals surface area contributed by atoms with Crippen LogP contribution in [0.25, 0.3) is 46.4 Å². The largest absolute Gasteiger partial charge is 0.359 e. The Balaban J connectivity index is 0.613. The van der Waals surface area contributed by atoms with E-state index in [0.717, 1.165) is 144 Å². The Morgan fingerprint density at radius 3 is 0.705 bits per heavy atom. The summed E-state index contributed by atoms with van der Waals surface area (Å²) < 4.78 is 47.1. The summed E-state index contributed by atoms with van der Waals surface area (Å²) in [4.78, 5) is 21.1. The number of ether oxygens (including phenoxy) is 8. The van der Waals surface area contributed by atoms with Crippen molar-refractivity contribution in [1.29, 1.82) is 0 Å². The molecule has 0 amide bonds. The Bertz CT molecular complexity index is 4220. The van der Waals surface area contributed by atoms with E-state index in [-0.39, 0.29) is 0 Å². The van der Waals surface area contributed by atoms with Crippen LogP contribution in [0.5, 0.6) is 0 Å². The maximum atomic E-state index is 6.32. The second kappa shape index (κ2) is 37.6. The van der Waals surface area contributed by atoms with Crippen LogP contribution < -0.4 is 0 Å². The summed E-state index contributed by atoms with van der Waals surface area (Å²) >= 11 is 0. The standard InChI is InChI=1S/C120H182N4O8/c1-73(93-33-37-97-85-29-21-77-65-81(129-69-125-13)49-57-113(77,5)101(85)53-61-117(93,97)9)17-25-89-105-41-43-107(121-105)90(26-18-74(2)94-34-38-98-86-30-22-78-66-82(130-70-126-14)50-58-114(78,6)102(86)54-62-118(94,98)10)109-45-47-111(123-109)92(28-20-76(4)96-36-40-100-88-32-24-80-68-84(132-72-128-16)52-60-116(80,8)104(88)56-64-120(96,100)12)112-48-46-110(124-112)91(108-44-42-106(89)122-108)27-19-75(3)95-35-39-99-87-31-23-79-67-83(131-71-127-15)51-59-115(79,7)103(87)55-63-119(95,99)11/h41-48,73-88,93-104,121,124H,17-40,49-72H2,1-16H3/t73?,74?,75?,76?,77-,78-,79-,80-,81-,82-,83-,84-,85+,86+,87+,88+,93-,94-,95-,96-,97+,98+,99+,100+,101+,102+,103+,104+,113+,114+,115+,116+,117-,118-,119-,120-/m1/s1. The molecule has 12 nitrogen and oxygen atoms in total. The van der Waals surface area contributed by atoms with Gasteiger partial charge >= 0.3 is 0 Å². The molecule has 16 fully saturated rings. The predicted molar refractivity (Wildman–Crippen MR) is 537 cm³/mol. The first kappa shape index (κ1) is 94.5. The Hall–Kier alpha value is -3.72. The summed E-state index contributed by atoms with van der Waals surface area (Å²) in [5.41, 5.74) is 18.8. The number of fused-ring (bicyclic) bond motifs is 28. The van der Waals surface area contributed by atoms with E-state index in [0.29, 0.717) is 119 Å². The third-order valence-corrected chi connectivity index (χ3v) is 47.8. The molecular formula is C120H182N4O8. The summed E-state index contributed by atoms with van der Waals surface area (Å²) in [6, 6.07) is 10.1. The number of H-pyrrole nitrogens is 2. The highest BCUT2D eigenvalue weighted by molar-refractivity contribution is 5.83. The fourth-order valence-electron chi connectivity index (χ4n) is 40.8. The van der Waals surface area contributed by atoms with Gasteiger partial charge in [0.25, 0.3) is 0 Å². The number of nitrogens with one attached hydrogen (secondary N) is 2. The van der Waals surface area contributed by atoms with Crippen molar-refractivity contribution in [2.45, 2.75) is 390 Å². The van der Waals surface area contributed by atoms with Gasteiger partial charge in [-0.1, -0.05) is 83.1 Å². The lowest BCUT2D eigenvalue weighted by molar-refractivity contribution is -0.153. The number of methoxy groups -OCH3 is 4. The molecular weight excluding hydrogens is 1630 g/mol. The number of aromatic nitrogens is 4. The highest BCUT2D eigenvalue weighted by Gasteiger charge is 2.67. The van der Waals surface area contributed by atoms with Gasteiger partial charge in [0.05, 0.1) is 47.2 Å². The first-order valence-electron chi connectivity index (χ1n) is 56.3. The van der Waals surface area contributed by atoms with Gasteiger partial charge < -0.3 is 47.9 Å². The van der Waals surface area contributed by atoms with Gasteiger partial charge in [0.2, 0.25) is 0 Å². The van der Waals surface area contributed by atoms with Crippen LogP contribution in [0.15, 0.2) is 24.3 Å². The molecule has 21 rings (SSSR count). The van der Waals surface area contributed by atoms with Crippen molar-refractivity contribution in [2.75, 3.05) is 55.6 Å². The van der Waals surface area contributed by atoms with Crippen molar-refractivity contribution in [2.24, 2.45) is 185 Å². The van der Waals surface area contributed by atoms with Gasteiger partial charge in [0, 0.05) is 72.8 Å². The molecule has 36 atom stereocenters. The minimum atomic E-state index is 0.356. The van der Waals surface area contributed by atoms with Gasteiger partial charge in [-0.25, -0.2) is 9.97 Å². The molecule has 4 unspecified atom stereocenters. The Morgan fingerprint density at radius 2 is 0.485 bits per heavy atom. The lowest BCUT2D eigenvalue weighted by Gasteiger charge is -2.61. The molecule has 3 aromatic heterocycles. The van der Waals surface area contributed by atoms with Crippen molar-refractivity contribution in [3.63, 3.8) is 0 Å². The maximum absolute atomic E-state index is 6.32. The van der Waals surface area contributed by atoms with Crippen molar-refractivity contribution in [3.05, 3.63) is 69.3 Å². The number of rotatable bonds is 28. The van der Waals surface area contributed by atoms with Gasteiger partial charge in [0.15, 0.2) is 0 Å². The van der Waals surface area contributed by atoms with E-state index < -0.39 is 0 Å². The van der Waals surface area contributed by atoms with Crippen molar-refractivity contribution in [1.82, 2.24) is 19.9 Å². The number of hydrogen-bond acceptors (Lipinski definition) is 10. The quantitative estimate of drug-likeness (QED) is 0.0467. The van der Waals surface area contributed by atoms with Crippen LogP contribution >= 0.6 is 0 Å². The first-order chi connectivity index (χ1) is 63.7. The molecule has 2 aliphatic heterocycles. The topological polar surface area (TPSA) is 131 Å². The van der Waals surface area contributed by atoms with E-state index in [4.69, 9.17) is 47.9 Å². The van der Waals surface area contributed by atoms with Crippen LogP contribution in [-0.4, -0.2) is 100.0 Å². The molecule has 5 heterocycles. The Kier molecular flexibility index (Phi) is 26.9. The third-order valence-electron chi connectivity index (χ3n) is 47.8. The molecule has 12 heteroatoms. The molecule has 8 bridgehead atoms. The van der Waals surface area contributed by atoms with Crippen LogP contribution in [0.1, 0.15) is 385 Å². The number of aryl methyl sites for hydroxylation is 4. The minimum Gasteiger partial charge on any atom is -0.359 e. The molecule has 16 saturated carbocycles. The van der Waals surface area contributed by atoms with Crippen LogP contribution in [-0.2, 0) is 63.6 Å². The Labute approximate surface area is 799 Å². The highest BCUT2D eigenvalue weighted by Crippen LogP contribution is 2.75. The van der Waals surface area contributed by atoms with E-state index in [9.17, 15) is 0 Å². The second-order valence-corrected chi connectivity index (χ2v) is 52.4. The number of nitrogens with zero attached hydrogens (tertiary/aromatic N) is 2. The average molecular weight is 1810 g/mol. The summed E-state index contributed by atoms with van der Waals surface area (Å²) in [6.07, 6.45) is 68.8. The minimum absolute atomic E-state index is 0.356. The molecule has 0 saturated heterocycles. The molecule has 2 N–H and O–H groups in total. The Morgan fingerprint density at radius 1 is 0.273 bits per heavy atom. The van der Waals surface area contributed by atoms with Crippen LogP contribution in [0.4, 0.5) is 0 Å². The smallest absolute Gasteiger partial charge is 0.146 e. The maximum Gasteiger partial charge on any atom is 0.146 e. The van der Waals surface area contributed by atoms with E-state index in [1.165, 1.54) is 324 Å². The highest BCUT2D eigenvalue weighted by atomic mass is 16.7. The molecule has 730 valence electrons. The molecule has 3 aromatic rings.